The number of carbonyl (C=O) groups excluding carboxylic acids is 1. The molecule has 6 heteroatoms. The first-order chi connectivity index (χ1) is 9.49. The lowest BCUT2D eigenvalue weighted by Gasteiger charge is -2.11. The van der Waals surface area contributed by atoms with Gasteiger partial charge in [0.15, 0.2) is 0 Å². The van der Waals surface area contributed by atoms with Gasteiger partial charge in [-0.3, -0.25) is 14.4 Å². The van der Waals surface area contributed by atoms with E-state index in [9.17, 15) is 14.4 Å². The summed E-state index contributed by atoms with van der Waals surface area (Å²) in [6.07, 6.45) is 2.52. The lowest BCUT2D eigenvalue weighted by molar-refractivity contribution is -0.137. The largest absolute Gasteiger partial charge is 0.481 e. The Bertz CT molecular complexity index is 510. The minimum Gasteiger partial charge on any atom is -0.481 e. The van der Waals surface area contributed by atoms with Crippen molar-refractivity contribution in [3.8, 4) is 0 Å². The quantitative estimate of drug-likeness (QED) is 0.739. The topological polar surface area (TPSA) is 88.4 Å². The molecule has 0 aromatic carbocycles. The number of hydrogen-bond donors (Lipinski definition) is 2. The van der Waals surface area contributed by atoms with E-state index in [0.717, 1.165) is 0 Å². The van der Waals surface area contributed by atoms with E-state index in [1.807, 2.05) is 6.92 Å². The van der Waals surface area contributed by atoms with Crippen LogP contribution in [0.5, 0.6) is 0 Å². The Morgan fingerprint density at radius 1 is 1.35 bits per heavy atom. The molecular formula is C14H20N2O4. The van der Waals surface area contributed by atoms with Crippen LogP contribution in [0.2, 0.25) is 0 Å². The molecular weight excluding hydrogens is 260 g/mol. The number of hydrogen-bond acceptors (Lipinski definition) is 3. The van der Waals surface area contributed by atoms with Gasteiger partial charge in [-0.15, -0.1) is 0 Å². The van der Waals surface area contributed by atoms with E-state index in [-0.39, 0.29) is 30.2 Å². The molecule has 110 valence electrons. The first kappa shape index (κ1) is 15.9. The summed E-state index contributed by atoms with van der Waals surface area (Å²) < 4.78 is 1.48. The lowest BCUT2D eigenvalue weighted by atomic mass is 10.1. The van der Waals surface area contributed by atoms with Gasteiger partial charge in [-0.05, 0) is 18.4 Å². The fraction of sp³-hybridized carbons (Fsp3) is 0.500. The monoisotopic (exact) mass is 280 g/mol. The molecule has 0 saturated carbocycles. The van der Waals surface area contributed by atoms with Gasteiger partial charge in [0, 0.05) is 38.2 Å². The van der Waals surface area contributed by atoms with Crippen molar-refractivity contribution < 1.29 is 14.7 Å². The van der Waals surface area contributed by atoms with E-state index in [4.69, 9.17) is 5.11 Å². The third-order valence-electron chi connectivity index (χ3n) is 2.98. The summed E-state index contributed by atoms with van der Waals surface area (Å²) in [4.78, 5) is 33.5. The fourth-order valence-corrected chi connectivity index (χ4v) is 1.72. The van der Waals surface area contributed by atoms with Gasteiger partial charge in [-0.2, -0.15) is 0 Å². The summed E-state index contributed by atoms with van der Waals surface area (Å²) in [5.41, 5.74) is -0.130. The van der Waals surface area contributed by atoms with Crippen LogP contribution in [-0.4, -0.2) is 28.1 Å². The zero-order valence-electron chi connectivity index (χ0n) is 11.5. The van der Waals surface area contributed by atoms with Crippen molar-refractivity contribution in [1.29, 1.82) is 0 Å². The van der Waals surface area contributed by atoms with E-state index in [0.29, 0.717) is 19.5 Å². The Kier molecular flexibility index (Phi) is 6.49. The second kappa shape index (κ2) is 8.14. The Labute approximate surface area is 117 Å². The Morgan fingerprint density at radius 2 is 2.10 bits per heavy atom. The molecule has 1 amide bonds. The summed E-state index contributed by atoms with van der Waals surface area (Å²) in [7, 11) is 0. The van der Waals surface area contributed by atoms with Crippen LogP contribution in [0.3, 0.4) is 0 Å². The second-order valence-electron chi connectivity index (χ2n) is 4.82. The van der Waals surface area contributed by atoms with Gasteiger partial charge in [0.25, 0.3) is 5.56 Å². The highest BCUT2D eigenvalue weighted by Crippen LogP contribution is 2.03. The number of amides is 1. The minimum atomic E-state index is -0.827. The summed E-state index contributed by atoms with van der Waals surface area (Å²) in [6.45, 7) is 2.69. The summed E-state index contributed by atoms with van der Waals surface area (Å²) in [6, 6.07) is 4.85. The van der Waals surface area contributed by atoms with Gasteiger partial charge in [0.1, 0.15) is 0 Å². The third-order valence-corrected chi connectivity index (χ3v) is 2.98. The van der Waals surface area contributed by atoms with Crippen molar-refractivity contribution in [3.63, 3.8) is 0 Å². The van der Waals surface area contributed by atoms with Gasteiger partial charge in [0.2, 0.25) is 5.91 Å². The van der Waals surface area contributed by atoms with Crippen LogP contribution in [0, 0.1) is 5.92 Å². The van der Waals surface area contributed by atoms with Crippen LogP contribution < -0.4 is 10.9 Å². The molecule has 0 aliphatic carbocycles. The van der Waals surface area contributed by atoms with E-state index in [1.165, 1.54) is 10.6 Å². The van der Waals surface area contributed by atoms with E-state index in [1.54, 1.807) is 18.3 Å². The second-order valence-corrected chi connectivity index (χ2v) is 4.82. The zero-order valence-corrected chi connectivity index (χ0v) is 11.5. The summed E-state index contributed by atoms with van der Waals surface area (Å²) in [5.74, 6) is -0.843. The SMILES string of the molecule is CC(CCC(=O)O)CNC(=O)CCn1ccccc1=O. The number of aryl methyl sites for hydroxylation is 1. The van der Waals surface area contributed by atoms with E-state index < -0.39 is 5.97 Å². The van der Waals surface area contributed by atoms with Crippen LogP contribution in [-0.2, 0) is 16.1 Å². The lowest BCUT2D eigenvalue weighted by Crippen LogP contribution is -2.30. The van der Waals surface area contributed by atoms with Crippen LogP contribution >= 0.6 is 0 Å². The number of nitrogens with one attached hydrogen (secondary N) is 1. The van der Waals surface area contributed by atoms with Gasteiger partial charge >= 0.3 is 5.97 Å². The molecule has 1 unspecified atom stereocenters. The maximum atomic E-state index is 11.6. The highest BCUT2D eigenvalue weighted by molar-refractivity contribution is 5.75. The van der Waals surface area contributed by atoms with Crippen molar-refractivity contribution in [2.24, 2.45) is 5.92 Å². The Hall–Kier alpha value is -2.11. The van der Waals surface area contributed by atoms with Crippen LogP contribution in [0.4, 0.5) is 0 Å². The molecule has 1 rings (SSSR count). The van der Waals surface area contributed by atoms with Gasteiger partial charge in [0.05, 0.1) is 0 Å². The van der Waals surface area contributed by atoms with E-state index in [2.05, 4.69) is 5.32 Å². The normalized spacial score (nSPS) is 11.8. The molecule has 1 aromatic rings. The molecule has 6 nitrogen and oxygen atoms in total. The zero-order chi connectivity index (χ0) is 15.0. The van der Waals surface area contributed by atoms with E-state index >= 15 is 0 Å². The molecule has 0 saturated heterocycles. The fourth-order valence-electron chi connectivity index (χ4n) is 1.72. The summed E-state index contributed by atoms with van der Waals surface area (Å²) >= 11 is 0. The number of carboxylic acids is 1. The Morgan fingerprint density at radius 3 is 2.75 bits per heavy atom. The van der Waals surface area contributed by atoms with Gasteiger partial charge < -0.3 is 15.0 Å². The van der Waals surface area contributed by atoms with Crippen molar-refractivity contribution in [3.05, 3.63) is 34.7 Å². The van der Waals surface area contributed by atoms with Crippen molar-refractivity contribution in [2.75, 3.05) is 6.54 Å². The number of carboxylic acid groups (broad SMARTS) is 1. The molecule has 0 bridgehead atoms. The molecule has 20 heavy (non-hydrogen) atoms. The first-order valence-electron chi connectivity index (χ1n) is 6.63. The average molecular weight is 280 g/mol. The number of aliphatic carboxylic acids is 1. The molecule has 0 aliphatic rings. The van der Waals surface area contributed by atoms with Crippen molar-refractivity contribution >= 4 is 11.9 Å². The molecule has 0 spiro atoms. The minimum absolute atomic E-state index is 0.108. The van der Waals surface area contributed by atoms with Crippen molar-refractivity contribution in [1.82, 2.24) is 9.88 Å². The molecule has 0 radical (unpaired) electrons. The van der Waals surface area contributed by atoms with Gasteiger partial charge in [-0.25, -0.2) is 0 Å². The van der Waals surface area contributed by atoms with Gasteiger partial charge in [-0.1, -0.05) is 13.0 Å². The molecule has 1 heterocycles. The summed E-state index contributed by atoms with van der Waals surface area (Å²) in [5, 5.41) is 11.3. The predicted molar refractivity (Wildman–Crippen MR) is 74.4 cm³/mol. The molecule has 2 N–H and O–H groups in total. The molecule has 1 atom stereocenters. The van der Waals surface area contributed by atoms with Crippen LogP contribution in [0.1, 0.15) is 26.2 Å². The maximum absolute atomic E-state index is 11.6. The maximum Gasteiger partial charge on any atom is 0.303 e. The first-order valence-corrected chi connectivity index (χ1v) is 6.63. The number of nitrogens with zero attached hydrogens (tertiary/aromatic N) is 1. The predicted octanol–water partition coefficient (Wildman–Crippen LogP) is 0.855. The molecule has 1 aromatic heterocycles. The molecule has 0 aliphatic heterocycles. The number of rotatable bonds is 8. The standard InChI is InChI=1S/C14H20N2O4/c1-11(5-6-14(19)20)10-15-12(17)7-9-16-8-3-2-4-13(16)18/h2-4,8,11H,5-7,9-10H2,1H3,(H,15,17)(H,19,20). The van der Waals surface area contributed by atoms with Crippen molar-refractivity contribution in [2.45, 2.75) is 32.7 Å². The Balaban J connectivity index is 2.25. The smallest absolute Gasteiger partial charge is 0.303 e. The molecule has 0 fully saturated rings. The third kappa shape index (κ3) is 6.17. The van der Waals surface area contributed by atoms with Crippen LogP contribution in [0.15, 0.2) is 29.2 Å². The highest BCUT2D eigenvalue weighted by Gasteiger charge is 2.08. The average Bonchev–Trinajstić information content (AvgIpc) is 2.42. The number of pyridine rings is 1. The van der Waals surface area contributed by atoms with Crippen LogP contribution in [0.25, 0.3) is 0 Å². The highest BCUT2D eigenvalue weighted by atomic mass is 16.4. The number of aromatic nitrogens is 1. The number of carbonyl (C=O) groups is 2.